The first-order valence-electron chi connectivity index (χ1n) is 8.87. The summed E-state index contributed by atoms with van der Waals surface area (Å²) in [5, 5.41) is 2.15. The molecule has 1 aliphatic heterocycles. The van der Waals surface area contributed by atoms with Crippen LogP contribution in [-0.4, -0.2) is 28.2 Å². The topological polar surface area (TPSA) is 88.3 Å². The van der Waals surface area contributed by atoms with Gasteiger partial charge in [-0.25, -0.2) is 9.37 Å². The van der Waals surface area contributed by atoms with Crippen molar-refractivity contribution in [3.63, 3.8) is 0 Å². The number of hydrogen-bond donors (Lipinski definition) is 2. The Morgan fingerprint density at radius 1 is 1.17 bits per heavy atom. The van der Waals surface area contributed by atoms with Crippen molar-refractivity contribution in [2.24, 2.45) is 0 Å². The number of aromatic nitrogens is 1. The van der Waals surface area contributed by atoms with Crippen LogP contribution in [0.2, 0.25) is 0 Å². The fourth-order valence-corrected chi connectivity index (χ4v) is 3.29. The van der Waals surface area contributed by atoms with E-state index in [9.17, 15) is 27.2 Å². The fourth-order valence-electron chi connectivity index (χ4n) is 3.29. The molecule has 1 aromatic heterocycles. The number of anilines is 2. The number of nitrogens with one attached hydrogen (secondary N) is 1. The summed E-state index contributed by atoms with van der Waals surface area (Å²) in [4.78, 5) is 29.8. The zero-order valence-corrected chi connectivity index (χ0v) is 15.2. The summed E-state index contributed by atoms with van der Waals surface area (Å²) in [6.45, 7) is 0.308. The van der Waals surface area contributed by atoms with Crippen LogP contribution in [0.15, 0.2) is 36.5 Å². The normalized spacial score (nSPS) is 17.1. The van der Waals surface area contributed by atoms with Gasteiger partial charge >= 0.3 is 18.0 Å². The quantitative estimate of drug-likeness (QED) is 0.586. The largest absolute Gasteiger partial charge is 0.420 e. The summed E-state index contributed by atoms with van der Waals surface area (Å²) in [5.41, 5.74) is 4.42. The van der Waals surface area contributed by atoms with E-state index >= 15 is 0 Å². The maximum Gasteiger partial charge on any atom is 0.420 e. The molecule has 0 unspecified atom stereocenters. The number of carbonyl (C=O) groups is 2. The number of rotatable bonds is 2. The fraction of sp³-hybridized carbons (Fsp3) is 0.316. The van der Waals surface area contributed by atoms with Crippen LogP contribution in [0.5, 0.6) is 0 Å². The Morgan fingerprint density at radius 2 is 1.86 bits per heavy atom. The third-order valence-corrected chi connectivity index (χ3v) is 4.69. The molecule has 1 atom stereocenters. The molecule has 1 aliphatic rings. The minimum absolute atomic E-state index is 0.291. The highest BCUT2D eigenvalue weighted by Crippen LogP contribution is 2.34. The standard InChI is InChI=1S/C19H18F4N4O2/c20-12-6-4-11(5-7-12)15-3-1-2-8-27(15)18(29)17(28)26-13-9-14(19(21,22)23)16(24)25-10-13/h4-7,9-10,15H,1-3,8H2,(H2,24,25)(H,26,28)/t15-/m0/s1. The molecule has 3 rings (SSSR count). The zero-order chi connectivity index (χ0) is 21.2. The van der Waals surface area contributed by atoms with Crippen molar-refractivity contribution in [2.45, 2.75) is 31.5 Å². The number of nitrogens with zero attached hydrogens (tertiary/aromatic N) is 2. The lowest BCUT2D eigenvalue weighted by Gasteiger charge is -2.35. The minimum Gasteiger partial charge on any atom is -0.383 e. The molecule has 0 radical (unpaired) electrons. The number of hydrogen-bond acceptors (Lipinski definition) is 4. The number of halogens is 4. The highest BCUT2D eigenvalue weighted by Gasteiger charge is 2.35. The van der Waals surface area contributed by atoms with E-state index in [2.05, 4.69) is 10.3 Å². The van der Waals surface area contributed by atoms with E-state index in [4.69, 9.17) is 5.73 Å². The summed E-state index contributed by atoms with van der Waals surface area (Å²) in [6.07, 6.45) is -1.71. The number of piperidine rings is 1. The van der Waals surface area contributed by atoms with Gasteiger partial charge in [0.15, 0.2) is 0 Å². The molecule has 1 aromatic carbocycles. The maximum absolute atomic E-state index is 13.2. The molecule has 0 saturated carbocycles. The number of benzene rings is 1. The molecule has 10 heteroatoms. The van der Waals surface area contributed by atoms with Gasteiger partial charge in [-0.05, 0) is 43.0 Å². The van der Waals surface area contributed by atoms with Crippen LogP contribution < -0.4 is 11.1 Å². The SMILES string of the molecule is Nc1ncc(NC(=O)C(=O)N2CCCC[C@H]2c2ccc(F)cc2)cc1C(F)(F)F. The van der Waals surface area contributed by atoms with E-state index in [1.807, 2.05) is 0 Å². The molecule has 0 bridgehead atoms. The Hall–Kier alpha value is -3.17. The molecule has 29 heavy (non-hydrogen) atoms. The van der Waals surface area contributed by atoms with E-state index in [0.29, 0.717) is 31.0 Å². The van der Waals surface area contributed by atoms with Gasteiger partial charge in [0.1, 0.15) is 11.6 Å². The maximum atomic E-state index is 13.2. The van der Waals surface area contributed by atoms with Crippen molar-refractivity contribution in [3.8, 4) is 0 Å². The second-order valence-corrected chi connectivity index (χ2v) is 6.67. The molecule has 154 valence electrons. The van der Waals surface area contributed by atoms with Crippen molar-refractivity contribution in [2.75, 3.05) is 17.6 Å². The molecule has 0 aliphatic carbocycles. The van der Waals surface area contributed by atoms with Crippen molar-refractivity contribution in [1.82, 2.24) is 9.88 Å². The molecule has 1 saturated heterocycles. The van der Waals surface area contributed by atoms with Gasteiger partial charge in [-0.2, -0.15) is 13.2 Å². The lowest BCUT2D eigenvalue weighted by molar-refractivity contribution is -0.145. The highest BCUT2D eigenvalue weighted by atomic mass is 19.4. The number of alkyl halides is 3. The summed E-state index contributed by atoms with van der Waals surface area (Å²) in [7, 11) is 0. The highest BCUT2D eigenvalue weighted by molar-refractivity contribution is 6.39. The zero-order valence-electron chi connectivity index (χ0n) is 15.2. The predicted octanol–water partition coefficient (Wildman–Crippen LogP) is 3.51. The van der Waals surface area contributed by atoms with E-state index in [-0.39, 0.29) is 5.69 Å². The predicted molar refractivity (Wildman–Crippen MR) is 97.0 cm³/mol. The minimum atomic E-state index is -4.75. The first-order valence-corrected chi connectivity index (χ1v) is 8.87. The van der Waals surface area contributed by atoms with Crippen LogP contribution in [0.1, 0.15) is 36.4 Å². The lowest BCUT2D eigenvalue weighted by atomic mass is 9.95. The van der Waals surface area contributed by atoms with Gasteiger partial charge < -0.3 is 16.0 Å². The van der Waals surface area contributed by atoms with Crippen molar-refractivity contribution in [1.29, 1.82) is 0 Å². The third-order valence-electron chi connectivity index (χ3n) is 4.69. The van der Waals surface area contributed by atoms with Crippen LogP contribution in [0, 0.1) is 5.82 Å². The molecule has 2 amide bonds. The van der Waals surface area contributed by atoms with Crippen molar-refractivity contribution in [3.05, 3.63) is 53.5 Å². The number of likely N-dealkylation sites (tertiary alicyclic amines) is 1. The van der Waals surface area contributed by atoms with Crippen LogP contribution in [0.3, 0.4) is 0 Å². The Bertz CT molecular complexity index is 915. The van der Waals surface area contributed by atoms with Crippen LogP contribution in [0.25, 0.3) is 0 Å². The Balaban J connectivity index is 1.78. The molecular weight excluding hydrogens is 392 g/mol. The molecule has 1 fully saturated rings. The molecule has 3 N–H and O–H groups in total. The van der Waals surface area contributed by atoms with Crippen LogP contribution in [-0.2, 0) is 15.8 Å². The van der Waals surface area contributed by atoms with Gasteiger partial charge in [0, 0.05) is 6.54 Å². The first kappa shape index (κ1) is 20.6. The average Bonchev–Trinajstić information content (AvgIpc) is 2.68. The smallest absolute Gasteiger partial charge is 0.383 e. The van der Waals surface area contributed by atoms with Crippen LogP contribution >= 0.6 is 0 Å². The third kappa shape index (κ3) is 4.64. The Kier molecular flexibility index (Phi) is 5.71. The first-order chi connectivity index (χ1) is 13.7. The summed E-state index contributed by atoms with van der Waals surface area (Å²) in [6, 6.07) is 5.84. The Morgan fingerprint density at radius 3 is 2.52 bits per heavy atom. The molecule has 6 nitrogen and oxygen atoms in total. The van der Waals surface area contributed by atoms with E-state index in [1.165, 1.54) is 17.0 Å². The van der Waals surface area contributed by atoms with E-state index in [1.54, 1.807) is 12.1 Å². The van der Waals surface area contributed by atoms with Gasteiger partial charge in [0.2, 0.25) is 0 Å². The van der Waals surface area contributed by atoms with Gasteiger partial charge in [-0.3, -0.25) is 9.59 Å². The summed E-state index contributed by atoms with van der Waals surface area (Å²) >= 11 is 0. The van der Waals surface area contributed by atoms with Gasteiger partial charge in [0.25, 0.3) is 0 Å². The van der Waals surface area contributed by atoms with E-state index < -0.39 is 41.2 Å². The second kappa shape index (κ2) is 8.06. The second-order valence-electron chi connectivity index (χ2n) is 6.67. The number of amides is 2. The Labute approximate surface area is 163 Å². The number of pyridine rings is 1. The van der Waals surface area contributed by atoms with Gasteiger partial charge in [-0.15, -0.1) is 0 Å². The van der Waals surface area contributed by atoms with Crippen molar-refractivity contribution >= 4 is 23.3 Å². The summed E-state index contributed by atoms with van der Waals surface area (Å²) in [5.74, 6) is -3.12. The number of nitrogen functional groups attached to an aromatic ring is 1. The van der Waals surface area contributed by atoms with Gasteiger partial charge in [0.05, 0.1) is 23.5 Å². The lowest BCUT2D eigenvalue weighted by Crippen LogP contribution is -2.44. The van der Waals surface area contributed by atoms with E-state index in [0.717, 1.165) is 12.6 Å². The number of carbonyl (C=O) groups excluding carboxylic acids is 2. The molecule has 2 aromatic rings. The summed E-state index contributed by atoms with van der Waals surface area (Å²) < 4.78 is 52.0. The van der Waals surface area contributed by atoms with Gasteiger partial charge in [-0.1, -0.05) is 12.1 Å². The monoisotopic (exact) mass is 410 g/mol. The molecular formula is C19H18F4N4O2. The van der Waals surface area contributed by atoms with Crippen LogP contribution in [0.4, 0.5) is 29.1 Å². The average molecular weight is 410 g/mol. The number of nitrogens with two attached hydrogens (primary N) is 1. The van der Waals surface area contributed by atoms with Crippen molar-refractivity contribution < 1.29 is 27.2 Å². The molecule has 2 heterocycles. The molecule has 0 spiro atoms.